The van der Waals surface area contributed by atoms with Crippen molar-refractivity contribution in [1.82, 2.24) is 0 Å². The highest BCUT2D eigenvalue weighted by Crippen LogP contribution is 2.33. The van der Waals surface area contributed by atoms with Crippen LogP contribution in [0, 0.1) is 12.7 Å². The maximum atomic E-state index is 13.1. The van der Waals surface area contributed by atoms with Gasteiger partial charge in [0, 0.05) is 15.8 Å². The van der Waals surface area contributed by atoms with Crippen molar-refractivity contribution in [2.24, 2.45) is 5.73 Å². The van der Waals surface area contributed by atoms with Crippen LogP contribution in [0.2, 0.25) is 0 Å². The van der Waals surface area contributed by atoms with Crippen molar-refractivity contribution in [2.45, 2.75) is 45.1 Å². The topological polar surface area (TPSA) is 26.0 Å². The van der Waals surface area contributed by atoms with Gasteiger partial charge in [-0.2, -0.15) is 0 Å². The van der Waals surface area contributed by atoms with E-state index >= 15 is 0 Å². The number of hydrogen-bond acceptors (Lipinski definition) is 2. The third-order valence-corrected chi connectivity index (χ3v) is 5.49. The summed E-state index contributed by atoms with van der Waals surface area (Å²) in [5.41, 5.74) is 10.00. The summed E-state index contributed by atoms with van der Waals surface area (Å²) < 4.78 is 13.1. The second-order valence-electron chi connectivity index (χ2n) is 5.69. The third kappa shape index (κ3) is 2.79. The van der Waals surface area contributed by atoms with Gasteiger partial charge in [-0.15, -0.1) is 11.3 Å². The molecule has 0 spiro atoms. The molecule has 1 atom stereocenters. The standard InChI is InChI=1S/C17H20FNS/c1-11-8-14(18)7-6-12(11)9-15(19)17-10-13-4-2-3-5-16(13)20-17/h6-8,10,15H,2-5,9,19H2,1H3. The molecule has 2 N–H and O–H groups in total. The van der Waals surface area contributed by atoms with E-state index in [-0.39, 0.29) is 11.9 Å². The normalized spacial score (nSPS) is 15.9. The van der Waals surface area contributed by atoms with Crippen molar-refractivity contribution in [1.29, 1.82) is 0 Å². The largest absolute Gasteiger partial charge is 0.323 e. The fraction of sp³-hybridized carbons (Fsp3) is 0.412. The summed E-state index contributed by atoms with van der Waals surface area (Å²) in [6.07, 6.45) is 5.80. The summed E-state index contributed by atoms with van der Waals surface area (Å²) in [5, 5.41) is 0. The van der Waals surface area contributed by atoms with Gasteiger partial charge < -0.3 is 5.73 Å². The third-order valence-electron chi connectivity index (χ3n) is 4.13. The molecule has 1 aliphatic carbocycles. The number of aryl methyl sites for hydroxylation is 3. The molecule has 20 heavy (non-hydrogen) atoms. The minimum absolute atomic E-state index is 0.0229. The van der Waals surface area contributed by atoms with Crippen molar-refractivity contribution < 1.29 is 4.39 Å². The molecule has 0 saturated carbocycles. The highest BCUT2D eigenvalue weighted by atomic mass is 32.1. The maximum Gasteiger partial charge on any atom is 0.123 e. The minimum Gasteiger partial charge on any atom is -0.323 e. The number of halogens is 1. The highest BCUT2D eigenvalue weighted by Gasteiger charge is 2.17. The van der Waals surface area contributed by atoms with E-state index in [1.807, 2.05) is 24.3 Å². The molecule has 0 bridgehead atoms. The Hall–Kier alpha value is -1.19. The molecule has 0 fully saturated rings. The fourth-order valence-corrected chi connectivity index (χ4v) is 4.18. The van der Waals surface area contributed by atoms with E-state index in [0.717, 1.165) is 17.5 Å². The molecular formula is C17H20FNS. The molecule has 0 amide bonds. The lowest BCUT2D eigenvalue weighted by Gasteiger charge is -2.12. The monoisotopic (exact) mass is 289 g/mol. The van der Waals surface area contributed by atoms with Gasteiger partial charge in [0.15, 0.2) is 0 Å². The first-order valence-electron chi connectivity index (χ1n) is 7.25. The van der Waals surface area contributed by atoms with Crippen LogP contribution in [0.25, 0.3) is 0 Å². The van der Waals surface area contributed by atoms with Crippen LogP contribution in [0.3, 0.4) is 0 Å². The Morgan fingerprint density at radius 2 is 2.05 bits per heavy atom. The number of benzene rings is 1. The van der Waals surface area contributed by atoms with Gasteiger partial charge in [0.05, 0.1) is 0 Å². The Bertz CT molecular complexity index is 594. The van der Waals surface area contributed by atoms with Crippen LogP contribution >= 0.6 is 11.3 Å². The molecule has 1 heterocycles. The molecule has 2 aromatic rings. The van der Waals surface area contributed by atoms with Crippen molar-refractivity contribution in [3.05, 3.63) is 56.5 Å². The van der Waals surface area contributed by atoms with Crippen LogP contribution in [0.5, 0.6) is 0 Å². The van der Waals surface area contributed by atoms with E-state index in [1.54, 1.807) is 6.07 Å². The number of hydrogen-bond donors (Lipinski definition) is 1. The summed E-state index contributed by atoms with van der Waals surface area (Å²) in [6, 6.07) is 7.28. The van der Waals surface area contributed by atoms with Crippen LogP contribution in [-0.2, 0) is 19.3 Å². The van der Waals surface area contributed by atoms with Gasteiger partial charge in [-0.1, -0.05) is 6.07 Å². The molecule has 3 heteroatoms. The van der Waals surface area contributed by atoms with Gasteiger partial charge >= 0.3 is 0 Å². The van der Waals surface area contributed by atoms with E-state index < -0.39 is 0 Å². The second kappa shape index (κ2) is 5.66. The Morgan fingerprint density at radius 3 is 2.80 bits per heavy atom. The molecule has 0 saturated heterocycles. The molecule has 1 aromatic carbocycles. The van der Waals surface area contributed by atoms with Crippen LogP contribution < -0.4 is 5.73 Å². The molecule has 1 aliphatic rings. The van der Waals surface area contributed by atoms with Crippen LogP contribution in [-0.4, -0.2) is 0 Å². The zero-order valence-electron chi connectivity index (χ0n) is 11.8. The van der Waals surface area contributed by atoms with E-state index in [2.05, 4.69) is 6.07 Å². The first-order valence-corrected chi connectivity index (χ1v) is 8.07. The zero-order chi connectivity index (χ0) is 14.1. The second-order valence-corrected chi connectivity index (χ2v) is 6.85. The maximum absolute atomic E-state index is 13.1. The molecule has 1 unspecified atom stereocenters. The summed E-state index contributed by atoms with van der Waals surface area (Å²) in [6.45, 7) is 1.95. The van der Waals surface area contributed by atoms with Crippen LogP contribution in [0.4, 0.5) is 4.39 Å². The SMILES string of the molecule is Cc1cc(F)ccc1CC(N)c1cc2c(s1)CCCC2. The van der Waals surface area contributed by atoms with Crippen LogP contribution in [0.15, 0.2) is 24.3 Å². The smallest absolute Gasteiger partial charge is 0.123 e. The Labute approximate surface area is 123 Å². The van der Waals surface area contributed by atoms with Gasteiger partial charge in [-0.25, -0.2) is 4.39 Å². The predicted molar refractivity (Wildman–Crippen MR) is 82.7 cm³/mol. The van der Waals surface area contributed by atoms with Crippen molar-refractivity contribution in [3.8, 4) is 0 Å². The van der Waals surface area contributed by atoms with Gasteiger partial charge in [0.2, 0.25) is 0 Å². The molecule has 0 radical (unpaired) electrons. The van der Waals surface area contributed by atoms with E-state index in [9.17, 15) is 4.39 Å². The van der Waals surface area contributed by atoms with E-state index in [0.29, 0.717) is 0 Å². The predicted octanol–water partition coefficient (Wildman–Crippen LogP) is 4.32. The number of rotatable bonds is 3. The summed E-state index contributed by atoms with van der Waals surface area (Å²) in [7, 11) is 0. The van der Waals surface area contributed by atoms with E-state index in [1.165, 1.54) is 47.1 Å². The minimum atomic E-state index is -0.175. The fourth-order valence-electron chi connectivity index (χ4n) is 2.92. The lowest BCUT2D eigenvalue weighted by Crippen LogP contribution is -2.12. The van der Waals surface area contributed by atoms with Gasteiger partial charge in [0.1, 0.15) is 5.82 Å². The molecule has 1 nitrogen and oxygen atoms in total. The zero-order valence-corrected chi connectivity index (χ0v) is 12.6. The Morgan fingerprint density at radius 1 is 1.25 bits per heavy atom. The van der Waals surface area contributed by atoms with Crippen molar-refractivity contribution >= 4 is 11.3 Å². The Kier molecular flexibility index (Phi) is 3.90. The lowest BCUT2D eigenvalue weighted by molar-refractivity contribution is 0.624. The molecular weight excluding hydrogens is 269 g/mol. The summed E-state index contributed by atoms with van der Waals surface area (Å²) >= 11 is 1.87. The molecule has 3 rings (SSSR count). The van der Waals surface area contributed by atoms with Gasteiger partial charge in [0.25, 0.3) is 0 Å². The van der Waals surface area contributed by atoms with Crippen LogP contribution in [0.1, 0.15) is 45.3 Å². The van der Waals surface area contributed by atoms with Gasteiger partial charge in [-0.3, -0.25) is 0 Å². The lowest BCUT2D eigenvalue weighted by atomic mass is 9.97. The van der Waals surface area contributed by atoms with Crippen molar-refractivity contribution in [2.75, 3.05) is 0 Å². The molecule has 1 aromatic heterocycles. The van der Waals surface area contributed by atoms with Crippen molar-refractivity contribution in [3.63, 3.8) is 0 Å². The molecule has 106 valence electrons. The number of thiophene rings is 1. The molecule has 0 aliphatic heterocycles. The average molecular weight is 289 g/mol. The van der Waals surface area contributed by atoms with Gasteiger partial charge in [-0.05, 0) is 73.9 Å². The summed E-state index contributed by atoms with van der Waals surface area (Å²) in [5.74, 6) is -0.175. The highest BCUT2D eigenvalue weighted by molar-refractivity contribution is 7.12. The number of fused-ring (bicyclic) bond motifs is 1. The quantitative estimate of drug-likeness (QED) is 0.895. The number of nitrogens with two attached hydrogens (primary N) is 1. The summed E-state index contributed by atoms with van der Waals surface area (Å²) in [4.78, 5) is 2.80. The first-order chi connectivity index (χ1) is 9.63. The van der Waals surface area contributed by atoms with E-state index in [4.69, 9.17) is 5.73 Å². The first kappa shape index (κ1) is 13.8. The average Bonchev–Trinajstić information content (AvgIpc) is 2.86. The Balaban J connectivity index is 1.78.